The molecule has 0 radical (unpaired) electrons. The maximum absolute atomic E-state index is 14.1. The van der Waals surface area contributed by atoms with Crippen LogP contribution in [0.2, 0.25) is 5.02 Å². The molecule has 0 saturated carbocycles. The Labute approximate surface area is 235 Å². The highest BCUT2D eigenvalue weighted by Crippen LogP contribution is 2.51. The topological polar surface area (TPSA) is 132 Å². The zero-order valence-electron chi connectivity index (χ0n) is 21.8. The fraction of sp³-hybridized carbons (Fsp3) is 0.200. The molecule has 1 heterocycles. The molecule has 0 saturated heterocycles. The summed E-state index contributed by atoms with van der Waals surface area (Å²) in [6.45, 7) is 0. The van der Waals surface area contributed by atoms with Crippen LogP contribution in [0.3, 0.4) is 0 Å². The van der Waals surface area contributed by atoms with Crippen LogP contribution in [0.5, 0.6) is 11.5 Å². The molecule has 0 aromatic heterocycles. The van der Waals surface area contributed by atoms with E-state index in [2.05, 4.69) is 6.07 Å². The highest BCUT2D eigenvalue weighted by atomic mass is 35.5. The molecule has 10 heteroatoms. The van der Waals surface area contributed by atoms with E-state index >= 15 is 0 Å². The summed E-state index contributed by atoms with van der Waals surface area (Å²) in [5, 5.41) is 22.1. The van der Waals surface area contributed by atoms with Crippen molar-refractivity contribution in [1.82, 2.24) is 0 Å². The largest absolute Gasteiger partial charge is 0.497 e. The van der Waals surface area contributed by atoms with Crippen molar-refractivity contribution in [3.05, 3.63) is 116 Å². The molecule has 0 fully saturated rings. The van der Waals surface area contributed by atoms with Crippen LogP contribution >= 0.6 is 11.6 Å². The van der Waals surface area contributed by atoms with Gasteiger partial charge in [0.2, 0.25) is 0 Å². The van der Waals surface area contributed by atoms with Crippen molar-refractivity contribution in [2.24, 2.45) is 5.73 Å². The number of ketones is 1. The molecule has 9 nitrogen and oxygen atoms in total. The minimum atomic E-state index is -0.826. The molecule has 1 aliphatic carbocycles. The fourth-order valence-electron chi connectivity index (χ4n) is 5.54. The Kier molecular flexibility index (Phi) is 7.20. The number of anilines is 1. The van der Waals surface area contributed by atoms with Gasteiger partial charge in [0.15, 0.2) is 5.78 Å². The van der Waals surface area contributed by atoms with Crippen LogP contribution in [-0.2, 0) is 4.79 Å². The summed E-state index contributed by atoms with van der Waals surface area (Å²) >= 11 is 6.10. The number of hydrogen-bond acceptors (Lipinski definition) is 8. The molecule has 3 aromatic carbocycles. The molecule has 0 spiro atoms. The highest BCUT2D eigenvalue weighted by Gasteiger charge is 2.44. The van der Waals surface area contributed by atoms with Crippen LogP contribution in [-0.4, -0.2) is 24.9 Å². The Hall–Kier alpha value is -4.81. The maximum atomic E-state index is 14.1. The van der Waals surface area contributed by atoms with Crippen molar-refractivity contribution in [1.29, 1.82) is 5.26 Å². The molecule has 0 amide bonds. The summed E-state index contributed by atoms with van der Waals surface area (Å²) in [7, 11) is 3.04. The second-order valence-electron chi connectivity index (χ2n) is 9.48. The number of benzene rings is 3. The first kappa shape index (κ1) is 26.8. The molecule has 2 N–H and O–H groups in total. The third-order valence-corrected chi connectivity index (χ3v) is 7.69. The Morgan fingerprint density at radius 3 is 2.48 bits per heavy atom. The average molecular weight is 557 g/mol. The van der Waals surface area contributed by atoms with Gasteiger partial charge in [-0.2, -0.15) is 5.26 Å². The average Bonchev–Trinajstić information content (AvgIpc) is 2.97. The number of nitrogens with zero attached hydrogens (tertiary/aromatic N) is 3. The minimum absolute atomic E-state index is 0.0381. The van der Waals surface area contributed by atoms with Gasteiger partial charge in [0, 0.05) is 29.3 Å². The second-order valence-corrected chi connectivity index (χ2v) is 9.89. The third-order valence-electron chi connectivity index (χ3n) is 7.37. The van der Waals surface area contributed by atoms with Gasteiger partial charge in [-0.05, 0) is 48.2 Å². The highest BCUT2D eigenvalue weighted by molar-refractivity contribution is 6.32. The number of nitro benzene ring substituents is 1. The van der Waals surface area contributed by atoms with Crippen molar-refractivity contribution in [2.75, 3.05) is 19.1 Å². The molecule has 40 heavy (non-hydrogen) atoms. The molecule has 1 aliphatic heterocycles. The summed E-state index contributed by atoms with van der Waals surface area (Å²) in [6, 6.07) is 21.3. The number of rotatable bonds is 6. The Balaban J connectivity index is 1.79. The van der Waals surface area contributed by atoms with Gasteiger partial charge in [-0.3, -0.25) is 19.8 Å². The van der Waals surface area contributed by atoms with Crippen LogP contribution in [0.1, 0.15) is 35.8 Å². The zero-order valence-corrected chi connectivity index (χ0v) is 22.5. The van der Waals surface area contributed by atoms with Gasteiger partial charge in [-0.15, -0.1) is 0 Å². The summed E-state index contributed by atoms with van der Waals surface area (Å²) in [6.07, 6.45) is 0.628. The van der Waals surface area contributed by atoms with E-state index in [-0.39, 0.29) is 40.2 Å². The number of Topliss-reactive ketones (excluding diaryl/α,β-unsaturated/α-hetero) is 1. The summed E-state index contributed by atoms with van der Waals surface area (Å²) < 4.78 is 11.1. The van der Waals surface area contributed by atoms with Crippen molar-refractivity contribution in [3.63, 3.8) is 0 Å². The number of carbonyl (C=O) groups is 1. The molecular formula is C30H25ClN4O5. The first-order valence-electron chi connectivity index (χ1n) is 12.5. The number of allylic oxidation sites excluding steroid dienone is 3. The lowest BCUT2D eigenvalue weighted by Crippen LogP contribution is -2.40. The van der Waals surface area contributed by atoms with E-state index < -0.39 is 10.8 Å². The molecule has 5 rings (SSSR count). The second kappa shape index (κ2) is 10.8. The number of carbonyl (C=O) groups excluding carboxylic acids is 1. The van der Waals surface area contributed by atoms with E-state index in [1.54, 1.807) is 29.2 Å². The smallest absolute Gasteiger partial charge is 0.289 e. The Morgan fingerprint density at radius 1 is 1.07 bits per heavy atom. The molecule has 0 bridgehead atoms. The van der Waals surface area contributed by atoms with Gasteiger partial charge >= 0.3 is 0 Å². The lowest BCUT2D eigenvalue weighted by molar-refractivity contribution is -0.384. The number of nitrogens with two attached hydrogens (primary N) is 1. The molecular weight excluding hydrogens is 532 g/mol. The SMILES string of the molecule is COc1ccc(OC)c(C2C(C#N)=C(N)N(c3ccc(Cl)c([N+](=O)[O-])c3)C3=C2C(=O)CC(c2ccccc2)C3)c1. The molecule has 2 atom stereocenters. The van der Waals surface area contributed by atoms with E-state index in [1.165, 1.54) is 26.4 Å². The summed E-state index contributed by atoms with van der Waals surface area (Å²) in [5.74, 6) is -0.0935. The Morgan fingerprint density at radius 2 is 1.82 bits per heavy atom. The van der Waals surface area contributed by atoms with Crippen molar-refractivity contribution in [3.8, 4) is 17.6 Å². The van der Waals surface area contributed by atoms with Gasteiger partial charge in [-0.1, -0.05) is 41.9 Å². The quantitative estimate of drug-likeness (QED) is 0.290. The Bertz CT molecular complexity index is 1630. The minimum Gasteiger partial charge on any atom is -0.497 e. The van der Waals surface area contributed by atoms with Gasteiger partial charge in [0.25, 0.3) is 5.69 Å². The monoisotopic (exact) mass is 556 g/mol. The number of nitriles is 1. The molecule has 2 aliphatic rings. The number of halogens is 1. The number of methoxy groups -OCH3 is 2. The van der Waals surface area contributed by atoms with E-state index in [1.807, 2.05) is 30.3 Å². The lowest BCUT2D eigenvalue weighted by Gasteiger charge is -2.41. The first-order valence-corrected chi connectivity index (χ1v) is 12.8. The molecule has 3 aromatic rings. The van der Waals surface area contributed by atoms with Crippen molar-refractivity contribution in [2.45, 2.75) is 24.7 Å². The van der Waals surface area contributed by atoms with Crippen LogP contribution in [0.25, 0.3) is 0 Å². The molecule has 202 valence electrons. The first-order chi connectivity index (χ1) is 19.3. The number of nitro groups is 1. The number of ether oxygens (including phenoxy) is 2. The van der Waals surface area contributed by atoms with E-state index in [9.17, 15) is 20.2 Å². The van der Waals surface area contributed by atoms with Crippen LogP contribution in [0.4, 0.5) is 11.4 Å². The van der Waals surface area contributed by atoms with Crippen LogP contribution in [0.15, 0.2) is 89.4 Å². The van der Waals surface area contributed by atoms with Crippen LogP contribution < -0.4 is 20.1 Å². The third kappa shape index (κ3) is 4.52. The molecule has 2 unspecified atom stereocenters. The summed E-state index contributed by atoms with van der Waals surface area (Å²) in [5.41, 5.74) is 9.34. The number of hydrogen-bond donors (Lipinski definition) is 1. The fourth-order valence-corrected chi connectivity index (χ4v) is 5.73. The van der Waals surface area contributed by atoms with E-state index in [0.29, 0.717) is 40.4 Å². The standard InChI is InChI=1S/C30H25ClN4O5/c1-39-20-9-11-27(40-2)21(15-20)28-22(16-32)30(33)34(19-8-10-23(31)24(14-19)35(37)38)25-12-18(13-26(36)29(25)28)17-6-4-3-5-7-17/h3-11,14-15,18,28H,12-13,33H2,1-2H3. The lowest BCUT2D eigenvalue weighted by atomic mass is 9.71. The van der Waals surface area contributed by atoms with Crippen molar-refractivity contribution >= 4 is 28.8 Å². The normalized spacial score (nSPS) is 18.8. The van der Waals surface area contributed by atoms with Gasteiger partial charge in [-0.25, -0.2) is 0 Å². The van der Waals surface area contributed by atoms with Gasteiger partial charge in [0.1, 0.15) is 22.3 Å². The summed E-state index contributed by atoms with van der Waals surface area (Å²) in [4.78, 5) is 26.8. The van der Waals surface area contributed by atoms with E-state index in [4.69, 9.17) is 26.8 Å². The maximum Gasteiger partial charge on any atom is 0.289 e. The van der Waals surface area contributed by atoms with Crippen molar-refractivity contribution < 1.29 is 19.2 Å². The van der Waals surface area contributed by atoms with Crippen LogP contribution in [0, 0.1) is 21.4 Å². The van der Waals surface area contributed by atoms with E-state index in [0.717, 1.165) is 5.56 Å². The predicted octanol–water partition coefficient (Wildman–Crippen LogP) is 5.96. The van der Waals surface area contributed by atoms with Gasteiger partial charge in [0.05, 0.1) is 42.4 Å². The van der Waals surface area contributed by atoms with Gasteiger partial charge < -0.3 is 15.2 Å². The zero-order chi connectivity index (χ0) is 28.6. The predicted molar refractivity (Wildman–Crippen MR) is 150 cm³/mol.